The zero-order valence-corrected chi connectivity index (χ0v) is 11.1. The van der Waals surface area contributed by atoms with Crippen molar-refractivity contribution in [2.24, 2.45) is 5.92 Å². The van der Waals surface area contributed by atoms with E-state index in [9.17, 15) is 14.8 Å². The number of nitrogens with zero attached hydrogens (tertiary/aromatic N) is 1. The van der Waals surface area contributed by atoms with Crippen LogP contribution in [-0.2, 0) is 14.3 Å². The number of piperidine rings is 1. The summed E-state index contributed by atoms with van der Waals surface area (Å²) in [4.78, 5) is 22.5. The summed E-state index contributed by atoms with van der Waals surface area (Å²) in [5, 5.41) is 11.3. The van der Waals surface area contributed by atoms with Crippen molar-refractivity contribution in [1.82, 2.24) is 5.06 Å². The first kappa shape index (κ1) is 14.1. The molecule has 1 saturated heterocycles. The summed E-state index contributed by atoms with van der Waals surface area (Å²) in [6, 6.07) is 0. The molecule has 0 saturated carbocycles. The number of hydroxylamine groups is 2. The second kappa shape index (κ2) is 4.38. The molecule has 0 aliphatic carbocycles. The van der Waals surface area contributed by atoms with Gasteiger partial charge in [-0.15, -0.1) is 0 Å². The van der Waals surface area contributed by atoms with Crippen molar-refractivity contribution in [3.63, 3.8) is 0 Å². The Hall–Kier alpha value is -0.940. The molecule has 0 aromatic carbocycles. The number of ether oxygens (including phenoxy) is 1. The third kappa shape index (κ3) is 3.04. The average Bonchev–Trinajstić information content (AvgIpc) is 2.11. The largest absolute Gasteiger partial charge is 0.393 e. The summed E-state index contributed by atoms with van der Waals surface area (Å²) in [5.74, 6) is -1.43. The van der Waals surface area contributed by atoms with Crippen LogP contribution in [0.4, 0.5) is 0 Å². The lowest BCUT2D eigenvalue weighted by atomic mass is 9.75. The monoisotopic (exact) mass is 243 g/mol. The van der Waals surface area contributed by atoms with Crippen molar-refractivity contribution in [1.29, 1.82) is 0 Å². The Morgan fingerprint density at radius 3 is 1.94 bits per heavy atom. The normalized spacial score (nSPS) is 24.4. The van der Waals surface area contributed by atoms with E-state index in [1.165, 1.54) is 12.0 Å². The van der Waals surface area contributed by atoms with Crippen molar-refractivity contribution in [3.8, 4) is 0 Å². The van der Waals surface area contributed by atoms with Gasteiger partial charge in [-0.1, -0.05) is 0 Å². The van der Waals surface area contributed by atoms with Gasteiger partial charge in [0.05, 0.1) is 5.92 Å². The molecule has 1 fully saturated rings. The summed E-state index contributed by atoms with van der Waals surface area (Å²) in [6.45, 7) is 8.67. The minimum atomic E-state index is -0.586. The van der Waals surface area contributed by atoms with Crippen LogP contribution in [-0.4, -0.2) is 33.3 Å². The second-order valence-corrected chi connectivity index (χ2v) is 5.95. The number of hydrogen-bond acceptors (Lipinski definition) is 5. The molecule has 1 N–H and O–H groups in total. The van der Waals surface area contributed by atoms with E-state index < -0.39 is 23.0 Å². The third-order valence-electron chi connectivity index (χ3n) is 3.22. The number of esters is 2. The number of hydrogen-bond donors (Lipinski definition) is 1. The van der Waals surface area contributed by atoms with Gasteiger partial charge in [0.1, 0.15) is 0 Å². The quantitative estimate of drug-likeness (QED) is 0.561. The number of carbonyl (C=O) groups is 2. The number of carbonyl (C=O) groups excluding carboxylic acids is 2. The van der Waals surface area contributed by atoms with Gasteiger partial charge in [-0.3, -0.25) is 9.59 Å². The van der Waals surface area contributed by atoms with Crippen LogP contribution < -0.4 is 0 Å². The Labute approximate surface area is 102 Å². The Kier molecular flexibility index (Phi) is 3.64. The van der Waals surface area contributed by atoms with Crippen molar-refractivity contribution in [2.75, 3.05) is 0 Å². The number of rotatable bonds is 1. The van der Waals surface area contributed by atoms with Crippen LogP contribution in [0.25, 0.3) is 0 Å². The minimum Gasteiger partial charge on any atom is -0.393 e. The predicted molar refractivity (Wildman–Crippen MR) is 61.3 cm³/mol. The molecule has 17 heavy (non-hydrogen) atoms. The van der Waals surface area contributed by atoms with Gasteiger partial charge in [-0.05, 0) is 40.5 Å². The molecule has 0 radical (unpaired) electrons. The molecule has 0 atom stereocenters. The SMILES string of the molecule is CC(=O)OC(=O)C1CC(C)(C)N(O)C(C)(C)C1. The van der Waals surface area contributed by atoms with Crippen LogP contribution >= 0.6 is 0 Å². The van der Waals surface area contributed by atoms with E-state index in [0.717, 1.165) is 0 Å². The van der Waals surface area contributed by atoms with Gasteiger partial charge in [0.15, 0.2) is 0 Å². The molecule has 0 aromatic heterocycles. The van der Waals surface area contributed by atoms with Crippen molar-refractivity contribution >= 4 is 11.9 Å². The lowest BCUT2D eigenvalue weighted by molar-refractivity contribution is -0.251. The van der Waals surface area contributed by atoms with Gasteiger partial charge < -0.3 is 9.94 Å². The molecule has 0 aromatic rings. The van der Waals surface area contributed by atoms with E-state index in [1.54, 1.807) is 0 Å². The molecule has 0 amide bonds. The molecule has 98 valence electrons. The summed E-state index contributed by atoms with van der Waals surface area (Å²) in [6.07, 6.45) is 0.943. The van der Waals surface area contributed by atoms with Crippen molar-refractivity contribution < 1.29 is 19.5 Å². The van der Waals surface area contributed by atoms with E-state index in [-0.39, 0.29) is 5.92 Å². The molecule has 0 unspecified atom stereocenters. The second-order valence-electron chi connectivity index (χ2n) is 5.95. The van der Waals surface area contributed by atoms with E-state index in [2.05, 4.69) is 4.74 Å². The van der Waals surface area contributed by atoms with Crippen molar-refractivity contribution in [3.05, 3.63) is 0 Å². The molecule has 1 rings (SSSR count). The zero-order valence-electron chi connectivity index (χ0n) is 11.1. The van der Waals surface area contributed by atoms with Gasteiger partial charge in [0.2, 0.25) is 0 Å². The van der Waals surface area contributed by atoms with Crippen LogP contribution in [0.1, 0.15) is 47.5 Å². The molecule has 1 aliphatic heterocycles. The zero-order chi connectivity index (χ0) is 13.4. The predicted octanol–water partition coefficient (Wildman–Crippen LogP) is 1.73. The Morgan fingerprint density at radius 1 is 1.18 bits per heavy atom. The Bertz CT molecular complexity index is 317. The highest BCUT2D eigenvalue weighted by Crippen LogP contribution is 2.40. The molecule has 1 aliphatic rings. The minimum absolute atomic E-state index is 0.354. The standard InChI is InChI=1S/C12H21NO4/c1-8(14)17-10(15)9-6-11(2,3)13(16)12(4,5)7-9/h9,16H,6-7H2,1-5H3. The first-order valence-corrected chi connectivity index (χ1v) is 5.78. The van der Waals surface area contributed by atoms with E-state index in [0.29, 0.717) is 12.8 Å². The molecule has 0 bridgehead atoms. The van der Waals surface area contributed by atoms with E-state index in [1.807, 2.05) is 27.7 Å². The highest BCUT2D eigenvalue weighted by atomic mass is 16.6. The topological polar surface area (TPSA) is 66.8 Å². The average molecular weight is 243 g/mol. The lowest BCUT2D eigenvalue weighted by Crippen LogP contribution is -2.60. The van der Waals surface area contributed by atoms with Crippen LogP contribution in [0.15, 0.2) is 0 Å². The fourth-order valence-corrected chi connectivity index (χ4v) is 2.66. The summed E-state index contributed by atoms with van der Waals surface area (Å²) < 4.78 is 4.63. The van der Waals surface area contributed by atoms with Crippen LogP contribution in [0, 0.1) is 5.92 Å². The van der Waals surface area contributed by atoms with E-state index >= 15 is 0 Å². The maximum atomic E-state index is 11.7. The summed E-state index contributed by atoms with van der Waals surface area (Å²) in [7, 11) is 0. The van der Waals surface area contributed by atoms with Gasteiger partial charge >= 0.3 is 11.9 Å². The maximum absolute atomic E-state index is 11.7. The van der Waals surface area contributed by atoms with Crippen LogP contribution in [0.3, 0.4) is 0 Å². The van der Waals surface area contributed by atoms with Gasteiger partial charge in [-0.2, -0.15) is 5.06 Å². The molecular formula is C12H21NO4. The van der Waals surface area contributed by atoms with Gasteiger partial charge in [0.25, 0.3) is 0 Å². The third-order valence-corrected chi connectivity index (χ3v) is 3.22. The Balaban J connectivity index is 2.85. The fourth-order valence-electron chi connectivity index (χ4n) is 2.66. The first-order valence-electron chi connectivity index (χ1n) is 5.78. The highest BCUT2D eigenvalue weighted by molar-refractivity contribution is 5.85. The van der Waals surface area contributed by atoms with Crippen LogP contribution in [0.2, 0.25) is 0 Å². The summed E-state index contributed by atoms with van der Waals surface area (Å²) in [5.41, 5.74) is -1.02. The van der Waals surface area contributed by atoms with Gasteiger partial charge in [-0.25, -0.2) is 0 Å². The summed E-state index contributed by atoms with van der Waals surface area (Å²) >= 11 is 0. The Morgan fingerprint density at radius 2 is 1.59 bits per heavy atom. The van der Waals surface area contributed by atoms with E-state index in [4.69, 9.17) is 0 Å². The molecule has 5 nitrogen and oxygen atoms in total. The molecule has 5 heteroatoms. The maximum Gasteiger partial charge on any atom is 0.316 e. The van der Waals surface area contributed by atoms with Crippen molar-refractivity contribution in [2.45, 2.75) is 58.5 Å². The lowest BCUT2D eigenvalue weighted by Gasteiger charge is -2.50. The molecule has 1 heterocycles. The molecule has 0 spiro atoms. The first-order chi connectivity index (χ1) is 7.56. The van der Waals surface area contributed by atoms with Gasteiger partial charge in [0, 0.05) is 18.0 Å². The smallest absolute Gasteiger partial charge is 0.316 e. The highest BCUT2D eigenvalue weighted by Gasteiger charge is 2.47. The molecular weight excluding hydrogens is 222 g/mol. The van der Waals surface area contributed by atoms with Crippen LogP contribution in [0.5, 0.6) is 0 Å². The fraction of sp³-hybridized carbons (Fsp3) is 0.833.